The molecule has 0 saturated carbocycles. The second-order valence-corrected chi connectivity index (χ2v) is 7.61. The van der Waals surface area contributed by atoms with Crippen molar-refractivity contribution in [1.29, 1.82) is 0 Å². The van der Waals surface area contributed by atoms with Gasteiger partial charge in [-0.1, -0.05) is 39.8 Å². The highest BCUT2D eigenvalue weighted by molar-refractivity contribution is 5.94. The van der Waals surface area contributed by atoms with Crippen molar-refractivity contribution in [2.75, 3.05) is 13.7 Å². The minimum absolute atomic E-state index is 0.141. The van der Waals surface area contributed by atoms with Crippen molar-refractivity contribution in [3.63, 3.8) is 0 Å². The molecular formula is C19H31N3O5. The van der Waals surface area contributed by atoms with Crippen LogP contribution in [0.25, 0.3) is 0 Å². The summed E-state index contributed by atoms with van der Waals surface area (Å²) < 4.78 is 4.75. The largest absolute Gasteiger partial charge is 0.467 e. The first kappa shape index (κ1) is 22.7. The van der Waals surface area contributed by atoms with Crippen LogP contribution < -0.4 is 10.6 Å². The van der Waals surface area contributed by atoms with Crippen LogP contribution in [-0.2, 0) is 23.9 Å². The van der Waals surface area contributed by atoms with Crippen LogP contribution in [0.1, 0.15) is 41.0 Å². The van der Waals surface area contributed by atoms with Crippen LogP contribution in [0, 0.1) is 11.8 Å². The Morgan fingerprint density at radius 1 is 1.07 bits per heavy atom. The SMILES string of the molecule is C=C1C[C@@H](C(=O)N[C@H](C(=O)OC)C(C)C)N(C(=O)[C@@H](NC(C)=O)C(C)C)C1. The summed E-state index contributed by atoms with van der Waals surface area (Å²) in [6, 6.07) is -2.30. The molecule has 1 saturated heterocycles. The molecule has 0 radical (unpaired) electrons. The van der Waals surface area contributed by atoms with E-state index >= 15 is 0 Å². The van der Waals surface area contributed by atoms with Crippen LogP contribution in [0.3, 0.4) is 0 Å². The van der Waals surface area contributed by atoms with E-state index in [0.29, 0.717) is 6.42 Å². The van der Waals surface area contributed by atoms with Gasteiger partial charge in [0.05, 0.1) is 7.11 Å². The predicted molar refractivity (Wildman–Crippen MR) is 100 cm³/mol. The highest BCUT2D eigenvalue weighted by atomic mass is 16.5. The van der Waals surface area contributed by atoms with Gasteiger partial charge < -0.3 is 20.3 Å². The van der Waals surface area contributed by atoms with Crippen molar-refractivity contribution >= 4 is 23.7 Å². The Morgan fingerprint density at radius 3 is 2.07 bits per heavy atom. The molecule has 0 aromatic carbocycles. The molecule has 1 rings (SSSR count). The van der Waals surface area contributed by atoms with E-state index in [9.17, 15) is 19.2 Å². The summed E-state index contributed by atoms with van der Waals surface area (Å²) in [5.41, 5.74) is 0.744. The summed E-state index contributed by atoms with van der Waals surface area (Å²) in [5, 5.41) is 5.34. The van der Waals surface area contributed by atoms with E-state index in [-0.39, 0.29) is 30.2 Å². The van der Waals surface area contributed by atoms with E-state index < -0.39 is 30.0 Å². The summed E-state index contributed by atoms with van der Waals surface area (Å²) in [7, 11) is 1.26. The molecule has 8 heteroatoms. The first-order chi connectivity index (χ1) is 12.5. The lowest BCUT2D eigenvalue weighted by Gasteiger charge is -2.31. The van der Waals surface area contributed by atoms with Gasteiger partial charge in [0.15, 0.2) is 0 Å². The first-order valence-electron chi connectivity index (χ1n) is 9.12. The van der Waals surface area contributed by atoms with E-state index in [1.54, 1.807) is 13.8 Å². The molecule has 2 N–H and O–H groups in total. The van der Waals surface area contributed by atoms with Gasteiger partial charge in [-0.25, -0.2) is 4.79 Å². The number of esters is 1. The summed E-state index contributed by atoms with van der Waals surface area (Å²) in [4.78, 5) is 50.6. The Labute approximate surface area is 160 Å². The lowest BCUT2D eigenvalue weighted by molar-refractivity contribution is -0.148. The molecule has 0 aromatic heterocycles. The van der Waals surface area contributed by atoms with Gasteiger partial charge in [-0.3, -0.25) is 14.4 Å². The molecule has 0 unspecified atom stereocenters. The van der Waals surface area contributed by atoms with Crippen LogP contribution in [0.5, 0.6) is 0 Å². The first-order valence-corrected chi connectivity index (χ1v) is 9.12. The number of rotatable bonds is 7. The van der Waals surface area contributed by atoms with E-state index in [4.69, 9.17) is 4.74 Å². The van der Waals surface area contributed by atoms with E-state index in [2.05, 4.69) is 17.2 Å². The highest BCUT2D eigenvalue weighted by Gasteiger charge is 2.41. The van der Waals surface area contributed by atoms with Crippen LogP contribution in [0.4, 0.5) is 0 Å². The molecule has 1 aliphatic heterocycles. The third kappa shape index (κ3) is 5.80. The van der Waals surface area contributed by atoms with Crippen molar-refractivity contribution < 1.29 is 23.9 Å². The van der Waals surface area contributed by atoms with Crippen LogP contribution in [0.2, 0.25) is 0 Å². The Balaban J connectivity index is 3.02. The fourth-order valence-electron chi connectivity index (χ4n) is 3.05. The highest BCUT2D eigenvalue weighted by Crippen LogP contribution is 2.24. The quantitative estimate of drug-likeness (QED) is 0.497. The average Bonchev–Trinajstić information content (AvgIpc) is 2.97. The zero-order chi connectivity index (χ0) is 20.9. The number of hydrogen-bond donors (Lipinski definition) is 2. The van der Waals surface area contributed by atoms with Gasteiger partial charge in [0.2, 0.25) is 17.7 Å². The lowest BCUT2D eigenvalue weighted by Crippen LogP contribution is -2.57. The molecule has 0 spiro atoms. The molecule has 152 valence electrons. The molecule has 27 heavy (non-hydrogen) atoms. The third-order valence-corrected chi connectivity index (χ3v) is 4.55. The molecule has 3 amide bonds. The zero-order valence-corrected chi connectivity index (χ0v) is 17.0. The topological polar surface area (TPSA) is 105 Å². The van der Waals surface area contributed by atoms with Crippen molar-refractivity contribution in [2.24, 2.45) is 11.8 Å². The summed E-state index contributed by atoms with van der Waals surface area (Å²) in [6.07, 6.45) is 0.314. The van der Waals surface area contributed by atoms with E-state index in [0.717, 1.165) is 5.57 Å². The summed E-state index contributed by atoms with van der Waals surface area (Å²) >= 11 is 0. The Hall–Kier alpha value is -2.38. The average molecular weight is 381 g/mol. The monoisotopic (exact) mass is 381 g/mol. The van der Waals surface area contributed by atoms with Crippen LogP contribution in [-0.4, -0.2) is 60.4 Å². The fraction of sp³-hybridized carbons (Fsp3) is 0.684. The normalized spacial score (nSPS) is 19.0. The molecule has 1 fully saturated rings. The second kappa shape index (κ2) is 9.53. The zero-order valence-electron chi connectivity index (χ0n) is 17.0. The number of carbonyl (C=O) groups is 4. The minimum atomic E-state index is -0.801. The number of nitrogens with one attached hydrogen (secondary N) is 2. The van der Waals surface area contributed by atoms with Crippen molar-refractivity contribution in [2.45, 2.75) is 59.2 Å². The molecule has 0 aromatic rings. The van der Waals surface area contributed by atoms with Gasteiger partial charge >= 0.3 is 5.97 Å². The third-order valence-electron chi connectivity index (χ3n) is 4.55. The fourth-order valence-corrected chi connectivity index (χ4v) is 3.05. The number of hydrogen-bond acceptors (Lipinski definition) is 5. The molecule has 8 nitrogen and oxygen atoms in total. The van der Waals surface area contributed by atoms with Gasteiger partial charge in [0.1, 0.15) is 18.1 Å². The molecule has 0 aliphatic carbocycles. The molecule has 1 heterocycles. The summed E-state index contributed by atoms with van der Waals surface area (Å²) in [6.45, 7) is 12.7. The van der Waals surface area contributed by atoms with E-state index in [1.165, 1.54) is 18.9 Å². The van der Waals surface area contributed by atoms with Crippen LogP contribution in [0.15, 0.2) is 12.2 Å². The van der Waals surface area contributed by atoms with Gasteiger partial charge in [0.25, 0.3) is 0 Å². The Kier molecular flexibility index (Phi) is 7.99. The maximum absolute atomic E-state index is 13.0. The van der Waals surface area contributed by atoms with Crippen LogP contribution >= 0.6 is 0 Å². The van der Waals surface area contributed by atoms with Crippen molar-refractivity contribution in [3.05, 3.63) is 12.2 Å². The smallest absolute Gasteiger partial charge is 0.328 e. The molecule has 1 aliphatic rings. The minimum Gasteiger partial charge on any atom is -0.467 e. The molecular weight excluding hydrogens is 350 g/mol. The Morgan fingerprint density at radius 2 is 1.63 bits per heavy atom. The van der Waals surface area contributed by atoms with Gasteiger partial charge in [0, 0.05) is 13.5 Å². The number of amides is 3. The number of methoxy groups -OCH3 is 1. The van der Waals surface area contributed by atoms with Crippen molar-refractivity contribution in [1.82, 2.24) is 15.5 Å². The van der Waals surface area contributed by atoms with Crippen molar-refractivity contribution in [3.8, 4) is 0 Å². The number of likely N-dealkylation sites (tertiary alicyclic amines) is 1. The lowest BCUT2D eigenvalue weighted by atomic mass is 10.0. The van der Waals surface area contributed by atoms with Gasteiger partial charge in [-0.05, 0) is 18.3 Å². The summed E-state index contributed by atoms with van der Waals surface area (Å²) in [5.74, 6) is -1.93. The van der Waals surface area contributed by atoms with Gasteiger partial charge in [-0.2, -0.15) is 0 Å². The Bertz CT molecular complexity index is 614. The standard InChI is InChI=1S/C19H31N3O5/c1-10(2)15(20-13(6)23)18(25)22-9-12(5)8-14(22)17(24)21-16(11(3)4)19(26)27-7/h10-11,14-16H,5,8-9H2,1-4,6-7H3,(H,20,23)(H,21,24)/t14-,15-,16-/m0/s1. The van der Waals surface area contributed by atoms with Gasteiger partial charge in [-0.15, -0.1) is 0 Å². The maximum Gasteiger partial charge on any atom is 0.328 e. The molecule has 0 bridgehead atoms. The molecule has 3 atom stereocenters. The number of ether oxygens (including phenoxy) is 1. The predicted octanol–water partition coefficient (Wildman–Crippen LogP) is 0.618. The van der Waals surface area contributed by atoms with E-state index in [1.807, 2.05) is 13.8 Å². The number of carbonyl (C=O) groups excluding carboxylic acids is 4. The maximum atomic E-state index is 13.0. The number of nitrogens with zero attached hydrogens (tertiary/aromatic N) is 1. The second-order valence-electron chi connectivity index (χ2n) is 7.61.